The predicted molar refractivity (Wildman–Crippen MR) is 106 cm³/mol. The van der Waals surface area contributed by atoms with Gasteiger partial charge in [0.15, 0.2) is 23.1 Å². The average molecular weight is 422 g/mol. The van der Waals surface area contributed by atoms with Gasteiger partial charge in [-0.15, -0.1) is 0 Å². The van der Waals surface area contributed by atoms with Crippen molar-refractivity contribution < 1.29 is 23.0 Å². The quantitative estimate of drug-likeness (QED) is 0.579. The van der Waals surface area contributed by atoms with Crippen molar-refractivity contribution in [3.8, 4) is 22.8 Å². The molecule has 0 unspecified atom stereocenters. The Morgan fingerprint density at radius 1 is 1.03 bits per heavy atom. The number of benzene rings is 1. The van der Waals surface area contributed by atoms with E-state index in [1.54, 1.807) is 25.4 Å². The van der Waals surface area contributed by atoms with Gasteiger partial charge in [-0.3, -0.25) is 0 Å². The second-order valence-electron chi connectivity index (χ2n) is 6.61. The van der Waals surface area contributed by atoms with Gasteiger partial charge in [-0.25, -0.2) is 18.7 Å². The van der Waals surface area contributed by atoms with E-state index in [2.05, 4.69) is 9.97 Å². The summed E-state index contributed by atoms with van der Waals surface area (Å²) in [7, 11) is 4.24. The van der Waals surface area contributed by atoms with Crippen LogP contribution < -0.4 is 14.4 Å². The van der Waals surface area contributed by atoms with Crippen molar-refractivity contribution in [3.05, 3.63) is 41.2 Å². The number of aromatic nitrogens is 2. The van der Waals surface area contributed by atoms with Crippen LogP contribution in [0.3, 0.4) is 0 Å². The van der Waals surface area contributed by atoms with Crippen LogP contribution in [0.2, 0.25) is 5.15 Å². The highest BCUT2D eigenvalue weighted by atomic mass is 35.5. The molecular weight excluding hydrogens is 404 g/mol. The van der Waals surface area contributed by atoms with Crippen LogP contribution in [0.25, 0.3) is 22.0 Å². The van der Waals surface area contributed by atoms with Crippen molar-refractivity contribution in [1.29, 1.82) is 0 Å². The minimum Gasteiger partial charge on any atom is -0.494 e. The lowest BCUT2D eigenvalue weighted by atomic mass is 10.0. The number of fused-ring (bicyclic) bond motifs is 1. The number of hydrogen-bond donors (Lipinski definition) is 0. The fourth-order valence-electron chi connectivity index (χ4n) is 3.34. The van der Waals surface area contributed by atoms with Gasteiger partial charge < -0.3 is 19.1 Å². The van der Waals surface area contributed by atoms with E-state index in [9.17, 15) is 0 Å². The summed E-state index contributed by atoms with van der Waals surface area (Å²) < 4.78 is 45.4. The summed E-state index contributed by atoms with van der Waals surface area (Å²) in [6.45, 7) is 1.21. The van der Waals surface area contributed by atoms with E-state index >= 15 is 8.78 Å². The van der Waals surface area contributed by atoms with Gasteiger partial charge in [0.05, 0.1) is 31.6 Å². The summed E-state index contributed by atoms with van der Waals surface area (Å²) in [5, 5.41) is 1.69. The number of nitrogens with zero attached hydrogens (tertiary/aromatic N) is 3. The van der Waals surface area contributed by atoms with Crippen molar-refractivity contribution in [2.24, 2.45) is 0 Å². The lowest BCUT2D eigenvalue weighted by Gasteiger charge is -2.39. The third-order valence-corrected chi connectivity index (χ3v) is 5.18. The van der Waals surface area contributed by atoms with Crippen LogP contribution in [0, 0.1) is 11.6 Å². The van der Waals surface area contributed by atoms with Crippen LogP contribution >= 0.6 is 11.6 Å². The zero-order valence-corrected chi connectivity index (χ0v) is 16.8. The molecule has 4 rings (SSSR count). The first kappa shape index (κ1) is 19.6. The molecule has 6 nitrogen and oxygen atoms in total. The Morgan fingerprint density at radius 3 is 2.28 bits per heavy atom. The topological polar surface area (TPSA) is 56.7 Å². The first-order chi connectivity index (χ1) is 14.0. The average Bonchev–Trinajstić information content (AvgIpc) is 2.68. The second kappa shape index (κ2) is 7.61. The van der Waals surface area contributed by atoms with Gasteiger partial charge in [0, 0.05) is 43.2 Å². The number of pyridine rings is 2. The lowest BCUT2D eigenvalue weighted by Crippen LogP contribution is -2.52. The first-order valence-corrected chi connectivity index (χ1v) is 9.19. The molecule has 1 fully saturated rings. The van der Waals surface area contributed by atoms with Crippen LogP contribution in [0.1, 0.15) is 0 Å². The largest absolute Gasteiger partial charge is 0.494 e. The molecular formula is C20H18ClF2N3O3. The van der Waals surface area contributed by atoms with E-state index in [1.807, 2.05) is 4.90 Å². The number of anilines is 1. The molecule has 0 N–H and O–H groups in total. The SMILES string of the molecule is COc1cc(OC)c(F)c(-c2cc3cnc(Cl)cc3c(N3CC(OC)C3)n2)c1F. The summed E-state index contributed by atoms with van der Waals surface area (Å²) >= 11 is 6.06. The molecule has 0 aliphatic carbocycles. The van der Waals surface area contributed by atoms with Crippen LogP contribution in [-0.4, -0.2) is 50.5 Å². The van der Waals surface area contributed by atoms with Gasteiger partial charge in [0.2, 0.25) is 0 Å². The number of methoxy groups -OCH3 is 3. The van der Waals surface area contributed by atoms with Crippen molar-refractivity contribution in [2.45, 2.75) is 6.10 Å². The van der Waals surface area contributed by atoms with Crippen LogP contribution in [0.5, 0.6) is 11.5 Å². The van der Waals surface area contributed by atoms with Crippen LogP contribution in [0.15, 0.2) is 24.4 Å². The summed E-state index contributed by atoms with van der Waals surface area (Å²) in [4.78, 5) is 10.6. The van der Waals surface area contributed by atoms with Crippen LogP contribution in [0.4, 0.5) is 14.6 Å². The Hall–Kier alpha value is -2.71. The van der Waals surface area contributed by atoms with E-state index < -0.39 is 11.6 Å². The van der Waals surface area contributed by atoms with E-state index in [-0.39, 0.29) is 28.9 Å². The Kier molecular flexibility index (Phi) is 5.14. The highest BCUT2D eigenvalue weighted by Gasteiger charge is 2.30. The molecule has 29 heavy (non-hydrogen) atoms. The van der Waals surface area contributed by atoms with Crippen LogP contribution in [-0.2, 0) is 4.74 Å². The third kappa shape index (κ3) is 3.32. The summed E-state index contributed by atoms with van der Waals surface area (Å²) in [5.41, 5.74) is -0.229. The fourth-order valence-corrected chi connectivity index (χ4v) is 3.50. The van der Waals surface area contributed by atoms with Gasteiger partial charge in [-0.1, -0.05) is 11.6 Å². The minimum atomic E-state index is -0.857. The molecule has 0 bridgehead atoms. The highest BCUT2D eigenvalue weighted by molar-refractivity contribution is 6.30. The van der Waals surface area contributed by atoms with Gasteiger partial charge in [0.25, 0.3) is 0 Å². The number of ether oxygens (including phenoxy) is 3. The Bertz CT molecular complexity index is 1060. The number of hydrogen-bond acceptors (Lipinski definition) is 6. The zero-order valence-electron chi connectivity index (χ0n) is 16.0. The third-order valence-electron chi connectivity index (χ3n) is 4.97. The van der Waals surface area contributed by atoms with Crippen molar-refractivity contribution >= 4 is 28.2 Å². The molecule has 0 amide bonds. The standard InChI is InChI=1S/C20H18ClF2N3O3/c1-27-11-8-26(9-11)20-12-5-16(21)24-7-10(12)4-13(25-20)17-18(22)14(28-2)6-15(29-3)19(17)23/h4-7,11H,8-9H2,1-3H3. The highest BCUT2D eigenvalue weighted by Crippen LogP contribution is 2.40. The fraction of sp³-hybridized carbons (Fsp3) is 0.300. The monoisotopic (exact) mass is 421 g/mol. The summed E-state index contributed by atoms with van der Waals surface area (Å²) in [6, 6.07) is 4.41. The van der Waals surface area contributed by atoms with Crippen molar-refractivity contribution in [2.75, 3.05) is 39.3 Å². The smallest absolute Gasteiger partial charge is 0.177 e. The predicted octanol–water partition coefficient (Wildman–Crippen LogP) is 4.08. The molecule has 1 aliphatic rings. The maximum Gasteiger partial charge on any atom is 0.177 e. The molecule has 0 saturated carbocycles. The van der Waals surface area contributed by atoms with Gasteiger partial charge >= 0.3 is 0 Å². The Labute approximate surface area is 171 Å². The zero-order chi connectivity index (χ0) is 20.7. The molecule has 1 saturated heterocycles. The van der Waals surface area contributed by atoms with E-state index in [0.29, 0.717) is 29.4 Å². The molecule has 0 atom stereocenters. The molecule has 1 aromatic carbocycles. The first-order valence-electron chi connectivity index (χ1n) is 8.81. The number of halogens is 3. The van der Waals surface area contributed by atoms with E-state index in [0.717, 1.165) is 11.5 Å². The lowest BCUT2D eigenvalue weighted by molar-refractivity contribution is 0.0785. The molecule has 1 aliphatic heterocycles. The normalized spacial score (nSPS) is 14.2. The summed E-state index contributed by atoms with van der Waals surface area (Å²) in [5.74, 6) is -1.44. The van der Waals surface area contributed by atoms with Gasteiger partial charge in [0.1, 0.15) is 11.0 Å². The molecule has 0 radical (unpaired) electrons. The van der Waals surface area contributed by atoms with Crippen molar-refractivity contribution in [3.63, 3.8) is 0 Å². The number of rotatable bonds is 5. The van der Waals surface area contributed by atoms with E-state index in [1.165, 1.54) is 14.2 Å². The molecule has 3 heterocycles. The second-order valence-corrected chi connectivity index (χ2v) is 6.99. The van der Waals surface area contributed by atoms with E-state index in [4.69, 9.17) is 25.8 Å². The molecule has 3 aromatic rings. The molecule has 9 heteroatoms. The summed E-state index contributed by atoms with van der Waals surface area (Å²) in [6.07, 6.45) is 1.62. The molecule has 152 valence electrons. The minimum absolute atomic E-state index is 0.0678. The Morgan fingerprint density at radius 2 is 1.69 bits per heavy atom. The van der Waals surface area contributed by atoms with Gasteiger partial charge in [-0.05, 0) is 12.1 Å². The molecule has 2 aromatic heterocycles. The van der Waals surface area contributed by atoms with Gasteiger partial charge in [-0.2, -0.15) is 0 Å². The van der Waals surface area contributed by atoms with Crippen molar-refractivity contribution in [1.82, 2.24) is 9.97 Å². The maximum atomic E-state index is 15.0. The maximum absolute atomic E-state index is 15.0. The Balaban J connectivity index is 1.95. The molecule has 0 spiro atoms.